The molecule has 2 N–H and O–H groups in total. The fourth-order valence-electron chi connectivity index (χ4n) is 3.18. The van der Waals surface area contributed by atoms with E-state index in [0.717, 1.165) is 31.5 Å². The number of halogens is 1. The van der Waals surface area contributed by atoms with Crippen molar-refractivity contribution in [2.45, 2.75) is 56.8 Å². The maximum absolute atomic E-state index is 12.4. The fraction of sp³-hybridized carbons (Fsp3) is 0.684. The van der Waals surface area contributed by atoms with E-state index in [2.05, 4.69) is 32.4 Å². The van der Waals surface area contributed by atoms with E-state index in [-0.39, 0.29) is 23.7 Å². The number of aromatic nitrogens is 2. The summed E-state index contributed by atoms with van der Waals surface area (Å²) in [6, 6.07) is 2.12. The molecule has 1 unspecified atom stereocenters. The van der Waals surface area contributed by atoms with Crippen LogP contribution in [0.5, 0.6) is 0 Å². The van der Waals surface area contributed by atoms with Crippen LogP contribution in [0.15, 0.2) is 11.2 Å². The molecule has 2 heterocycles. The highest BCUT2D eigenvalue weighted by Crippen LogP contribution is 2.24. The van der Waals surface area contributed by atoms with E-state index in [1.54, 1.807) is 6.07 Å². The lowest BCUT2D eigenvalue weighted by atomic mass is 10.2. The van der Waals surface area contributed by atoms with Gasteiger partial charge in [-0.2, -0.15) is 0 Å². The van der Waals surface area contributed by atoms with E-state index in [1.165, 1.54) is 11.8 Å². The molecular weight excluding hydrogens is 412 g/mol. The fourth-order valence-corrected chi connectivity index (χ4v) is 4.07. The van der Waals surface area contributed by atoms with Crippen molar-refractivity contribution in [2.24, 2.45) is 0 Å². The topological polar surface area (TPSA) is 90.5 Å². The van der Waals surface area contributed by atoms with E-state index >= 15 is 0 Å². The first-order valence-electron chi connectivity index (χ1n) is 10.2. The molecule has 0 spiro atoms. The maximum atomic E-state index is 12.4. The summed E-state index contributed by atoms with van der Waals surface area (Å²) in [7, 11) is 0. The van der Waals surface area contributed by atoms with Gasteiger partial charge in [0.25, 0.3) is 0 Å². The molecular formula is C19H29ClN6O2S. The standard InChI is InChI=1S/C19H29ClN6O2S/c1-3-4-7-21-19(28)26-9-8-25(11-13(26)2)16-10-15(20)23-18(24-16)29-12-17(27)22-14-5-6-14/h10,13-14H,3-9,11-12H2,1-2H3,(H,21,28)(H,22,27). The highest BCUT2D eigenvalue weighted by Gasteiger charge is 2.28. The van der Waals surface area contributed by atoms with E-state index in [4.69, 9.17) is 11.6 Å². The summed E-state index contributed by atoms with van der Waals surface area (Å²) in [6.07, 6.45) is 4.17. The number of nitrogens with zero attached hydrogens (tertiary/aromatic N) is 4. The number of carbonyl (C=O) groups excluding carboxylic acids is 2. The SMILES string of the molecule is CCCCNC(=O)N1CCN(c2cc(Cl)nc(SCC(=O)NC3CC3)n2)CC1C. The van der Waals surface area contributed by atoms with Gasteiger partial charge in [-0.3, -0.25) is 4.79 Å². The van der Waals surface area contributed by atoms with Gasteiger partial charge in [0, 0.05) is 44.3 Å². The van der Waals surface area contributed by atoms with E-state index in [0.29, 0.717) is 42.5 Å². The lowest BCUT2D eigenvalue weighted by molar-refractivity contribution is -0.118. The molecule has 160 valence electrons. The Labute approximate surface area is 181 Å². The minimum absolute atomic E-state index is 0.000975. The Morgan fingerprint density at radius 3 is 2.79 bits per heavy atom. The molecule has 10 heteroatoms. The number of nitrogens with one attached hydrogen (secondary N) is 2. The van der Waals surface area contributed by atoms with Crippen molar-refractivity contribution in [3.8, 4) is 0 Å². The molecule has 0 radical (unpaired) electrons. The summed E-state index contributed by atoms with van der Waals surface area (Å²) in [4.78, 5) is 37.1. The van der Waals surface area contributed by atoms with Crippen LogP contribution in [0.3, 0.4) is 0 Å². The molecule has 1 aromatic rings. The Morgan fingerprint density at radius 1 is 1.31 bits per heavy atom. The Balaban J connectivity index is 1.55. The number of unbranched alkanes of at least 4 members (excludes halogenated alkanes) is 1. The van der Waals surface area contributed by atoms with E-state index < -0.39 is 0 Å². The Hall–Kier alpha value is -1.74. The first kappa shape index (κ1) is 22.0. The number of urea groups is 1. The van der Waals surface area contributed by atoms with Gasteiger partial charge in [0.1, 0.15) is 11.0 Å². The molecule has 3 amide bonds. The molecule has 1 aliphatic carbocycles. The lowest BCUT2D eigenvalue weighted by Crippen LogP contribution is -2.56. The minimum Gasteiger partial charge on any atom is -0.353 e. The summed E-state index contributed by atoms with van der Waals surface area (Å²) < 4.78 is 0. The number of hydrogen-bond acceptors (Lipinski definition) is 6. The van der Waals surface area contributed by atoms with Crippen LogP contribution in [-0.2, 0) is 4.79 Å². The average molecular weight is 441 g/mol. The van der Waals surface area contributed by atoms with Crippen LogP contribution in [0.1, 0.15) is 39.5 Å². The summed E-state index contributed by atoms with van der Waals surface area (Å²) >= 11 is 7.49. The van der Waals surface area contributed by atoms with Gasteiger partial charge >= 0.3 is 6.03 Å². The van der Waals surface area contributed by atoms with Gasteiger partial charge in [0.05, 0.1) is 5.75 Å². The molecule has 29 heavy (non-hydrogen) atoms. The second-order valence-electron chi connectivity index (χ2n) is 7.54. The van der Waals surface area contributed by atoms with Crippen molar-refractivity contribution >= 4 is 41.1 Å². The van der Waals surface area contributed by atoms with Crippen molar-refractivity contribution in [3.05, 3.63) is 11.2 Å². The van der Waals surface area contributed by atoms with Crippen molar-refractivity contribution in [1.82, 2.24) is 25.5 Å². The zero-order valence-corrected chi connectivity index (χ0v) is 18.6. The second-order valence-corrected chi connectivity index (χ2v) is 8.87. The Kier molecular flexibility index (Phi) is 7.83. The molecule has 1 aliphatic heterocycles. The van der Waals surface area contributed by atoms with Crippen LogP contribution < -0.4 is 15.5 Å². The first-order chi connectivity index (χ1) is 14.0. The van der Waals surface area contributed by atoms with E-state index in [9.17, 15) is 9.59 Å². The molecule has 1 saturated carbocycles. The van der Waals surface area contributed by atoms with Crippen LogP contribution in [0.2, 0.25) is 5.15 Å². The number of rotatable bonds is 8. The third-order valence-electron chi connectivity index (χ3n) is 4.95. The number of anilines is 1. The predicted octanol–water partition coefficient (Wildman–Crippen LogP) is 2.52. The van der Waals surface area contributed by atoms with Crippen molar-refractivity contribution in [2.75, 3.05) is 36.8 Å². The number of amides is 3. The Bertz CT molecular complexity index is 733. The van der Waals surface area contributed by atoms with Crippen LogP contribution in [0.25, 0.3) is 0 Å². The lowest BCUT2D eigenvalue weighted by Gasteiger charge is -2.40. The normalized spacial score (nSPS) is 19.2. The average Bonchev–Trinajstić information content (AvgIpc) is 3.50. The predicted molar refractivity (Wildman–Crippen MR) is 116 cm³/mol. The summed E-state index contributed by atoms with van der Waals surface area (Å²) in [5.74, 6) is 1.00. The van der Waals surface area contributed by atoms with Gasteiger partial charge in [-0.05, 0) is 26.2 Å². The smallest absolute Gasteiger partial charge is 0.317 e. The maximum Gasteiger partial charge on any atom is 0.317 e. The van der Waals surface area contributed by atoms with Gasteiger partial charge < -0.3 is 20.4 Å². The summed E-state index contributed by atoms with van der Waals surface area (Å²) in [5.41, 5.74) is 0. The highest BCUT2D eigenvalue weighted by atomic mass is 35.5. The molecule has 1 saturated heterocycles. The van der Waals surface area contributed by atoms with Gasteiger partial charge in [0.15, 0.2) is 5.16 Å². The zero-order chi connectivity index (χ0) is 20.8. The highest BCUT2D eigenvalue weighted by molar-refractivity contribution is 7.99. The van der Waals surface area contributed by atoms with Crippen molar-refractivity contribution in [3.63, 3.8) is 0 Å². The van der Waals surface area contributed by atoms with Crippen molar-refractivity contribution in [1.29, 1.82) is 0 Å². The summed E-state index contributed by atoms with van der Waals surface area (Å²) in [6.45, 7) is 6.80. The Morgan fingerprint density at radius 2 is 2.10 bits per heavy atom. The molecule has 0 aromatic carbocycles. The summed E-state index contributed by atoms with van der Waals surface area (Å²) in [5, 5.41) is 6.78. The molecule has 2 fully saturated rings. The largest absolute Gasteiger partial charge is 0.353 e. The van der Waals surface area contributed by atoms with Gasteiger partial charge in [-0.25, -0.2) is 14.8 Å². The third-order valence-corrected chi connectivity index (χ3v) is 6.00. The molecule has 0 bridgehead atoms. The quantitative estimate of drug-likeness (QED) is 0.279. The number of hydrogen-bond donors (Lipinski definition) is 2. The molecule has 2 aliphatic rings. The van der Waals surface area contributed by atoms with Gasteiger partial charge in [-0.1, -0.05) is 36.7 Å². The first-order valence-corrected chi connectivity index (χ1v) is 11.6. The van der Waals surface area contributed by atoms with E-state index in [1.807, 2.05) is 11.8 Å². The third kappa shape index (κ3) is 6.64. The molecule has 1 atom stereocenters. The van der Waals surface area contributed by atoms with Crippen LogP contribution in [-0.4, -0.2) is 70.8 Å². The van der Waals surface area contributed by atoms with Crippen LogP contribution >= 0.6 is 23.4 Å². The number of piperazine rings is 1. The molecule has 3 rings (SSSR count). The second kappa shape index (κ2) is 10.3. The van der Waals surface area contributed by atoms with Crippen LogP contribution in [0, 0.1) is 0 Å². The van der Waals surface area contributed by atoms with Gasteiger partial charge in [0.2, 0.25) is 5.91 Å². The zero-order valence-electron chi connectivity index (χ0n) is 17.0. The number of thioether (sulfide) groups is 1. The van der Waals surface area contributed by atoms with Crippen molar-refractivity contribution < 1.29 is 9.59 Å². The van der Waals surface area contributed by atoms with Gasteiger partial charge in [-0.15, -0.1) is 0 Å². The monoisotopic (exact) mass is 440 g/mol. The minimum atomic E-state index is -0.00996. The van der Waals surface area contributed by atoms with Crippen LogP contribution in [0.4, 0.5) is 10.6 Å². The molecule has 8 nitrogen and oxygen atoms in total. The number of carbonyl (C=O) groups is 2. The molecule has 1 aromatic heterocycles.